The van der Waals surface area contributed by atoms with Crippen molar-refractivity contribution in [2.75, 3.05) is 18.1 Å². The first-order valence-electron chi connectivity index (χ1n) is 3.84. The zero-order valence-electron chi connectivity index (χ0n) is 7.12. The Bertz CT molecular complexity index is 352. The van der Waals surface area contributed by atoms with Gasteiger partial charge in [0.15, 0.2) is 0 Å². The quantitative estimate of drug-likeness (QED) is 0.526. The molecule has 0 aliphatic rings. The van der Waals surface area contributed by atoms with E-state index in [2.05, 4.69) is 16.8 Å². The Hall–Kier alpha value is -1.73. The second kappa shape index (κ2) is 4.33. The van der Waals surface area contributed by atoms with Crippen molar-refractivity contribution in [1.29, 1.82) is 0 Å². The molecule has 5 N–H and O–H groups in total. The fraction of sp³-hybridized carbons (Fsp3) is 0.222. The van der Waals surface area contributed by atoms with Crippen LogP contribution in [0.1, 0.15) is 12.0 Å². The van der Waals surface area contributed by atoms with E-state index in [1.165, 1.54) is 6.20 Å². The van der Waals surface area contributed by atoms with E-state index in [-0.39, 0.29) is 6.61 Å². The lowest BCUT2D eigenvalue weighted by Gasteiger charge is -1.99. The fourth-order valence-electron chi connectivity index (χ4n) is 0.800. The van der Waals surface area contributed by atoms with Crippen LogP contribution in [0.25, 0.3) is 0 Å². The summed E-state index contributed by atoms with van der Waals surface area (Å²) in [4.78, 5) is 3.85. The minimum atomic E-state index is 0.0443. The van der Waals surface area contributed by atoms with Gasteiger partial charge in [0.05, 0.1) is 29.7 Å². The molecule has 0 atom stereocenters. The smallest absolute Gasteiger partial charge is 0.0747 e. The molecule has 4 heteroatoms. The van der Waals surface area contributed by atoms with Gasteiger partial charge in [-0.25, -0.2) is 0 Å². The Labute approximate surface area is 76.6 Å². The molecule has 0 radical (unpaired) electrons. The molecule has 0 unspecified atom stereocenters. The molecule has 1 aromatic rings. The third kappa shape index (κ3) is 2.36. The maximum absolute atomic E-state index is 8.49. The van der Waals surface area contributed by atoms with E-state index in [1.807, 2.05) is 0 Å². The highest BCUT2D eigenvalue weighted by Gasteiger charge is 1.98. The second-order valence-corrected chi connectivity index (χ2v) is 2.47. The molecular weight excluding hydrogens is 166 g/mol. The van der Waals surface area contributed by atoms with Gasteiger partial charge in [-0.15, -0.1) is 0 Å². The summed E-state index contributed by atoms with van der Waals surface area (Å²) in [5, 5.41) is 8.49. The standard InChI is InChI=1S/C9H11N3O/c10-8-6-12-5-7(9(8)11)3-1-2-4-13/h5-6,13H,2,4,10H2,(H2,11,12). The van der Waals surface area contributed by atoms with Crippen molar-refractivity contribution in [3.63, 3.8) is 0 Å². The van der Waals surface area contributed by atoms with Crippen molar-refractivity contribution < 1.29 is 5.11 Å². The Balaban J connectivity index is 2.91. The number of nitrogen functional groups attached to an aromatic ring is 2. The molecule has 1 aromatic heterocycles. The van der Waals surface area contributed by atoms with Crippen LogP contribution in [0.5, 0.6) is 0 Å². The Kier molecular flexibility index (Phi) is 3.12. The molecule has 13 heavy (non-hydrogen) atoms. The summed E-state index contributed by atoms with van der Waals surface area (Å²) in [5.74, 6) is 5.52. The number of aromatic nitrogens is 1. The minimum Gasteiger partial charge on any atom is -0.396 e. The molecular formula is C9H11N3O. The average Bonchev–Trinajstić information content (AvgIpc) is 2.13. The van der Waals surface area contributed by atoms with E-state index < -0.39 is 0 Å². The number of nitrogens with zero attached hydrogens (tertiary/aromatic N) is 1. The summed E-state index contributed by atoms with van der Waals surface area (Å²) in [5.41, 5.74) is 12.6. The fourth-order valence-corrected chi connectivity index (χ4v) is 0.800. The minimum absolute atomic E-state index is 0.0443. The van der Waals surface area contributed by atoms with Crippen LogP contribution in [0, 0.1) is 11.8 Å². The molecule has 0 spiro atoms. The molecule has 0 saturated carbocycles. The van der Waals surface area contributed by atoms with Crippen LogP contribution in [0.4, 0.5) is 11.4 Å². The molecule has 0 aliphatic heterocycles. The zero-order valence-corrected chi connectivity index (χ0v) is 7.12. The van der Waals surface area contributed by atoms with Crippen molar-refractivity contribution in [2.24, 2.45) is 0 Å². The normalized spacial score (nSPS) is 9.00. The van der Waals surface area contributed by atoms with Gasteiger partial charge in [0.25, 0.3) is 0 Å². The van der Waals surface area contributed by atoms with E-state index in [1.54, 1.807) is 6.20 Å². The zero-order chi connectivity index (χ0) is 9.68. The molecule has 0 saturated heterocycles. The topological polar surface area (TPSA) is 85.2 Å². The third-order valence-electron chi connectivity index (χ3n) is 1.48. The van der Waals surface area contributed by atoms with Gasteiger partial charge in [-0.2, -0.15) is 0 Å². The first kappa shape index (κ1) is 9.36. The lowest BCUT2D eigenvalue weighted by atomic mass is 10.2. The monoisotopic (exact) mass is 177 g/mol. The highest BCUT2D eigenvalue weighted by Crippen LogP contribution is 2.15. The number of nitrogens with two attached hydrogens (primary N) is 2. The number of anilines is 2. The summed E-state index contributed by atoms with van der Waals surface area (Å²) in [6.45, 7) is 0.0443. The SMILES string of the molecule is Nc1cncc(C#CCCO)c1N. The first-order chi connectivity index (χ1) is 6.25. The van der Waals surface area contributed by atoms with Gasteiger partial charge in [0.1, 0.15) is 0 Å². The first-order valence-corrected chi connectivity index (χ1v) is 3.84. The highest BCUT2D eigenvalue weighted by atomic mass is 16.2. The van der Waals surface area contributed by atoms with Crippen LogP contribution in [0.3, 0.4) is 0 Å². The Morgan fingerprint density at radius 3 is 2.85 bits per heavy atom. The number of hydrogen-bond acceptors (Lipinski definition) is 4. The molecule has 0 amide bonds. The molecule has 4 nitrogen and oxygen atoms in total. The largest absolute Gasteiger partial charge is 0.396 e. The summed E-state index contributed by atoms with van der Waals surface area (Å²) in [7, 11) is 0. The van der Waals surface area contributed by atoms with E-state index in [0.717, 1.165) is 0 Å². The summed E-state index contributed by atoms with van der Waals surface area (Å²) in [6.07, 6.45) is 3.46. The van der Waals surface area contributed by atoms with Gasteiger partial charge in [-0.3, -0.25) is 4.98 Å². The van der Waals surface area contributed by atoms with Gasteiger partial charge in [-0.1, -0.05) is 11.8 Å². The van der Waals surface area contributed by atoms with Crippen LogP contribution in [0.2, 0.25) is 0 Å². The molecule has 0 aliphatic carbocycles. The number of hydrogen-bond donors (Lipinski definition) is 3. The van der Waals surface area contributed by atoms with Crippen molar-refractivity contribution in [2.45, 2.75) is 6.42 Å². The summed E-state index contributed by atoms with van der Waals surface area (Å²) >= 11 is 0. The van der Waals surface area contributed by atoms with Gasteiger partial charge in [0.2, 0.25) is 0 Å². The highest BCUT2D eigenvalue weighted by molar-refractivity contribution is 5.69. The van der Waals surface area contributed by atoms with E-state index in [4.69, 9.17) is 16.6 Å². The number of aliphatic hydroxyl groups is 1. The summed E-state index contributed by atoms with van der Waals surface area (Å²) < 4.78 is 0. The van der Waals surface area contributed by atoms with E-state index >= 15 is 0 Å². The van der Waals surface area contributed by atoms with Crippen molar-refractivity contribution in [3.05, 3.63) is 18.0 Å². The van der Waals surface area contributed by atoms with E-state index in [0.29, 0.717) is 23.4 Å². The molecule has 1 rings (SSSR count). The van der Waals surface area contributed by atoms with E-state index in [9.17, 15) is 0 Å². The third-order valence-corrected chi connectivity index (χ3v) is 1.48. The van der Waals surface area contributed by atoms with Crippen LogP contribution in [0.15, 0.2) is 12.4 Å². The number of rotatable bonds is 1. The lowest BCUT2D eigenvalue weighted by Crippen LogP contribution is -1.98. The molecule has 0 fully saturated rings. The van der Waals surface area contributed by atoms with Gasteiger partial charge < -0.3 is 16.6 Å². The Morgan fingerprint density at radius 1 is 1.38 bits per heavy atom. The predicted molar refractivity (Wildman–Crippen MR) is 51.6 cm³/mol. The number of pyridine rings is 1. The van der Waals surface area contributed by atoms with Crippen LogP contribution < -0.4 is 11.5 Å². The summed E-state index contributed by atoms with van der Waals surface area (Å²) in [6, 6.07) is 0. The van der Waals surface area contributed by atoms with Crippen molar-refractivity contribution in [3.8, 4) is 11.8 Å². The van der Waals surface area contributed by atoms with Gasteiger partial charge in [-0.05, 0) is 0 Å². The molecule has 0 bridgehead atoms. The average molecular weight is 177 g/mol. The number of aliphatic hydroxyl groups excluding tert-OH is 1. The second-order valence-electron chi connectivity index (χ2n) is 2.47. The maximum Gasteiger partial charge on any atom is 0.0747 e. The van der Waals surface area contributed by atoms with Crippen molar-refractivity contribution in [1.82, 2.24) is 4.98 Å². The predicted octanol–water partition coefficient (Wildman–Crippen LogP) is -0.0201. The van der Waals surface area contributed by atoms with Crippen molar-refractivity contribution >= 4 is 11.4 Å². The molecule has 0 aromatic carbocycles. The Morgan fingerprint density at radius 2 is 2.15 bits per heavy atom. The maximum atomic E-state index is 8.49. The van der Waals surface area contributed by atoms with Crippen LogP contribution in [-0.4, -0.2) is 16.7 Å². The van der Waals surface area contributed by atoms with Gasteiger partial charge in [0, 0.05) is 12.6 Å². The lowest BCUT2D eigenvalue weighted by molar-refractivity contribution is 0.305. The molecule has 1 heterocycles. The molecule has 68 valence electrons. The van der Waals surface area contributed by atoms with Gasteiger partial charge >= 0.3 is 0 Å². The van der Waals surface area contributed by atoms with Crippen LogP contribution in [-0.2, 0) is 0 Å². The van der Waals surface area contributed by atoms with Crippen LogP contribution >= 0.6 is 0 Å².